The maximum Gasteiger partial charge on any atom is 0.106 e. The van der Waals surface area contributed by atoms with E-state index < -0.39 is 0 Å². The summed E-state index contributed by atoms with van der Waals surface area (Å²) >= 11 is 0. The van der Waals surface area contributed by atoms with Crippen LogP contribution >= 0.6 is 0 Å². The van der Waals surface area contributed by atoms with Gasteiger partial charge < -0.3 is 14.5 Å². The molecule has 1 rings (SSSR count). The molecule has 0 saturated heterocycles. The molecule has 1 atom stereocenters. The lowest BCUT2D eigenvalue weighted by Gasteiger charge is -2.16. The number of aryl methyl sites for hydroxylation is 2. The summed E-state index contributed by atoms with van der Waals surface area (Å²) < 4.78 is 10.8. The van der Waals surface area contributed by atoms with Crippen LogP contribution in [-0.2, 0) is 4.74 Å². The minimum absolute atomic E-state index is 0.368. The molecule has 0 amide bonds. The van der Waals surface area contributed by atoms with Crippen LogP contribution in [0.4, 0.5) is 0 Å². The standard InChI is InChI=1S/C13H23NO2/c1-9-10(2)16-11(3)13(9)12(14-4)7-6-8-15-5/h12,14H,6-8H2,1-5H3. The van der Waals surface area contributed by atoms with Crippen molar-refractivity contribution < 1.29 is 9.15 Å². The van der Waals surface area contributed by atoms with Gasteiger partial charge in [0.25, 0.3) is 0 Å². The second-order valence-electron chi connectivity index (χ2n) is 4.23. The maximum atomic E-state index is 5.66. The van der Waals surface area contributed by atoms with Crippen LogP contribution in [0.2, 0.25) is 0 Å². The Hall–Kier alpha value is -0.800. The van der Waals surface area contributed by atoms with Crippen molar-refractivity contribution in [1.29, 1.82) is 0 Å². The van der Waals surface area contributed by atoms with Crippen LogP contribution in [0.15, 0.2) is 4.42 Å². The van der Waals surface area contributed by atoms with Gasteiger partial charge in [-0.2, -0.15) is 0 Å². The summed E-state index contributed by atoms with van der Waals surface area (Å²) in [5.41, 5.74) is 2.59. The van der Waals surface area contributed by atoms with E-state index in [-0.39, 0.29) is 0 Å². The molecular weight excluding hydrogens is 202 g/mol. The van der Waals surface area contributed by atoms with Crippen LogP contribution in [0.3, 0.4) is 0 Å². The fourth-order valence-electron chi connectivity index (χ4n) is 2.19. The molecule has 3 heteroatoms. The topological polar surface area (TPSA) is 34.4 Å². The fourth-order valence-corrected chi connectivity index (χ4v) is 2.19. The first-order valence-electron chi connectivity index (χ1n) is 5.84. The normalized spacial score (nSPS) is 13.1. The second kappa shape index (κ2) is 6.06. The zero-order chi connectivity index (χ0) is 12.1. The average molecular weight is 225 g/mol. The highest BCUT2D eigenvalue weighted by molar-refractivity contribution is 5.34. The van der Waals surface area contributed by atoms with Crippen LogP contribution < -0.4 is 5.32 Å². The zero-order valence-corrected chi connectivity index (χ0v) is 11.0. The monoisotopic (exact) mass is 225 g/mol. The first-order valence-corrected chi connectivity index (χ1v) is 5.84. The quantitative estimate of drug-likeness (QED) is 0.756. The van der Waals surface area contributed by atoms with E-state index in [0.717, 1.165) is 31.0 Å². The van der Waals surface area contributed by atoms with Gasteiger partial charge in [0.05, 0.1) is 0 Å². The SMILES string of the molecule is CNC(CCCOC)c1c(C)oc(C)c1C. The Morgan fingerprint density at radius 2 is 1.94 bits per heavy atom. The minimum atomic E-state index is 0.368. The second-order valence-corrected chi connectivity index (χ2v) is 4.23. The molecule has 0 aliphatic carbocycles. The summed E-state index contributed by atoms with van der Waals surface area (Å²) in [6, 6.07) is 0.368. The number of hydrogen-bond acceptors (Lipinski definition) is 3. The van der Waals surface area contributed by atoms with Gasteiger partial charge in [-0.25, -0.2) is 0 Å². The summed E-state index contributed by atoms with van der Waals surface area (Å²) in [6.45, 7) is 7.00. The fraction of sp³-hybridized carbons (Fsp3) is 0.692. The summed E-state index contributed by atoms with van der Waals surface area (Å²) in [7, 11) is 3.74. The highest BCUT2D eigenvalue weighted by Gasteiger charge is 2.19. The molecule has 0 fully saturated rings. The number of hydrogen-bond donors (Lipinski definition) is 1. The smallest absolute Gasteiger partial charge is 0.106 e. The molecule has 1 aromatic heterocycles. The van der Waals surface area contributed by atoms with Crippen LogP contribution in [-0.4, -0.2) is 20.8 Å². The van der Waals surface area contributed by atoms with E-state index in [2.05, 4.69) is 12.2 Å². The van der Waals surface area contributed by atoms with Crippen molar-refractivity contribution in [1.82, 2.24) is 5.32 Å². The van der Waals surface area contributed by atoms with Crippen molar-refractivity contribution in [3.05, 3.63) is 22.6 Å². The number of furan rings is 1. The van der Waals surface area contributed by atoms with Crippen molar-refractivity contribution in [2.24, 2.45) is 0 Å². The number of methoxy groups -OCH3 is 1. The molecule has 16 heavy (non-hydrogen) atoms. The lowest BCUT2D eigenvalue weighted by Crippen LogP contribution is -2.18. The molecule has 0 aliphatic rings. The molecule has 1 N–H and O–H groups in total. The average Bonchev–Trinajstić information content (AvgIpc) is 2.50. The Bertz CT molecular complexity index is 331. The predicted octanol–water partition coefficient (Wildman–Crippen LogP) is 2.89. The molecule has 1 aromatic rings. The van der Waals surface area contributed by atoms with Crippen molar-refractivity contribution in [2.45, 2.75) is 39.7 Å². The van der Waals surface area contributed by atoms with E-state index in [0.29, 0.717) is 6.04 Å². The molecule has 0 aliphatic heterocycles. The van der Waals surface area contributed by atoms with E-state index in [9.17, 15) is 0 Å². The Balaban J connectivity index is 2.78. The largest absolute Gasteiger partial charge is 0.466 e. The van der Waals surface area contributed by atoms with E-state index in [4.69, 9.17) is 9.15 Å². The van der Waals surface area contributed by atoms with Gasteiger partial charge in [0.2, 0.25) is 0 Å². The molecule has 1 unspecified atom stereocenters. The first kappa shape index (κ1) is 13.3. The molecule has 0 bridgehead atoms. The zero-order valence-electron chi connectivity index (χ0n) is 11.0. The first-order chi connectivity index (χ1) is 7.61. The molecule has 0 spiro atoms. The molecule has 92 valence electrons. The predicted molar refractivity (Wildman–Crippen MR) is 65.8 cm³/mol. The summed E-state index contributed by atoms with van der Waals surface area (Å²) in [5.74, 6) is 2.06. The Morgan fingerprint density at radius 1 is 1.25 bits per heavy atom. The van der Waals surface area contributed by atoms with Crippen molar-refractivity contribution >= 4 is 0 Å². The lowest BCUT2D eigenvalue weighted by atomic mass is 9.98. The van der Waals surface area contributed by atoms with Crippen molar-refractivity contribution in [3.63, 3.8) is 0 Å². The van der Waals surface area contributed by atoms with Gasteiger partial charge in [0.1, 0.15) is 11.5 Å². The minimum Gasteiger partial charge on any atom is -0.466 e. The van der Waals surface area contributed by atoms with Gasteiger partial charge in [-0.3, -0.25) is 0 Å². The highest BCUT2D eigenvalue weighted by atomic mass is 16.5. The Morgan fingerprint density at radius 3 is 2.38 bits per heavy atom. The highest BCUT2D eigenvalue weighted by Crippen LogP contribution is 2.29. The van der Waals surface area contributed by atoms with Gasteiger partial charge in [-0.05, 0) is 46.2 Å². The van der Waals surface area contributed by atoms with E-state index >= 15 is 0 Å². The third kappa shape index (κ3) is 2.86. The van der Waals surface area contributed by atoms with Gasteiger partial charge in [-0.15, -0.1) is 0 Å². The third-order valence-corrected chi connectivity index (χ3v) is 3.16. The molecule has 0 radical (unpaired) electrons. The molecule has 0 aromatic carbocycles. The number of nitrogens with one attached hydrogen (secondary N) is 1. The van der Waals surface area contributed by atoms with E-state index in [1.807, 2.05) is 20.9 Å². The van der Waals surface area contributed by atoms with Crippen LogP contribution in [0.5, 0.6) is 0 Å². The molecule has 3 nitrogen and oxygen atoms in total. The van der Waals surface area contributed by atoms with Crippen LogP contribution in [0.25, 0.3) is 0 Å². The van der Waals surface area contributed by atoms with Crippen LogP contribution in [0, 0.1) is 20.8 Å². The van der Waals surface area contributed by atoms with Gasteiger partial charge in [-0.1, -0.05) is 0 Å². The van der Waals surface area contributed by atoms with Gasteiger partial charge in [0.15, 0.2) is 0 Å². The number of rotatable bonds is 6. The van der Waals surface area contributed by atoms with E-state index in [1.54, 1.807) is 7.11 Å². The van der Waals surface area contributed by atoms with Crippen LogP contribution in [0.1, 0.15) is 41.5 Å². The summed E-state index contributed by atoms with van der Waals surface area (Å²) in [6.07, 6.45) is 2.14. The van der Waals surface area contributed by atoms with Gasteiger partial charge >= 0.3 is 0 Å². The maximum absolute atomic E-state index is 5.66. The summed E-state index contributed by atoms with van der Waals surface area (Å²) in [4.78, 5) is 0. The van der Waals surface area contributed by atoms with Gasteiger partial charge in [0, 0.05) is 25.3 Å². The Labute approximate surface area is 98.2 Å². The van der Waals surface area contributed by atoms with Crippen molar-refractivity contribution in [3.8, 4) is 0 Å². The third-order valence-electron chi connectivity index (χ3n) is 3.16. The Kier molecular flexibility index (Phi) is 5.03. The lowest BCUT2D eigenvalue weighted by molar-refractivity contribution is 0.189. The molecule has 0 saturated carbocycles. The molecule has 1 heterocycles. The molecular formula is C13H23NO2. The number of ether oxygens (including phenoxy) is 1. The van der Waals surface area contributed by atoms with Crippen molar-refractivity contribution in [2.75, 3.05) is 20.8 Å². The summed E-state index contributed by atoms with van der Waals surface area (Å²) in [5, 5.41) is 3.36. The van der Waals surface area contributed by atoms with E-state index in [1.165, 1.54) is 11.1 Å².